The molecule has 1 atom stereocenters. The van der Waals surface area contributed by atoms with Crippen LogP contribution in [-0.4, -0.2) is 28.4 Å². The number of carbonyl (C=O) groups excluding carboxylic acids is 1. The van der Waals surface area contributed by atoms with Crippen molar-refractivity contribution in [2.45, 2.75) is 18.6 Å². The average molecular weight is 238 g/mol. The maximum Gasteiger partial charge on any atom is 0.218 e. The molecule has 1 aromatic rings. The van der Waals surface area contributed by atoms with Gasteiger partial charge >= 0.3 is 0 Å². The van der Waals surface area contributed by atoms with E-state index in [0.29, 0.717) is 5.89 Å². The minimum atomic E-state index is 0.158. The standard InChI is InChI=1S/C11H14N2O2S/c1-8(14)16-10-2-3-12-7-9(10)6-11-13-4-5-15-11/h4-6,10,12H,2-3,7H2,1H3. The Morgan fingerprint density at radius 3 is 3.31 bits per heavy atom. The zero-order valence-corrected chi connectivity index (χ0v) is 9.92. The van der Waals surface area contributed by atoms with E-state index in [4.69, 9.17) is 4.42 Å². The van der Waals surface area contributed by atoms with Gasteiger partial charge in [-0.3, -0.25) is 4.79 Å². The molecule has 1 saturated heterocycles. The number of nitrogens with zero attached hydrogens (tertiary/aromatic N) is 1. The number of piperidine rings is 1. The molecule has 5 heteroatoms. The van der Waals surface area contributed by atoms with Crippen LogP contribution in [0.5, 0.6) is 0 Å². The van der Waals surface area contributed by atoms with E-state index in [1.54, 1.807) is 19.4 Å². The molecule has 0 spiro atoms. The Morgan fingerprint density at radius 2 is 2.62 bits per heavy atom. The smallest absolute Gasteiger partial charge is 0.218 e. The lowest BCUT2D eigenvalue weighted by Gasteiger charge is -2.24. The van der Waals surface area contributed by atoms with E-state index in [0.717, 1.165) is 19.5 Å². The van der Waals surface area contributed by atoms with Gasteiger partial charge < -0.3 is 9.73 Å². The van der Waals surface area contributed by atoms with Crippen LogP contribution >= 0.6 is 11.8 Å². The van der Waals surface area contributed by atoms with Crippen molar-refractivity contribution in [3.63, 3.8) is 0 Å². The minimum absolute atomic E-state index is 0.158. The number of aromatic nitrogens is 1. The summed E-state index contributed by atoms with van der Waals surface area (Å²) >= 11 is 1.39. The first-order valence-electron chi connectivity index (χ1n) is 5.23. The van der Waals surface area contributed by atoms with Gasteiger partial charge in [-0.2, -0.15) is 0 Å². The van der Waals surface area contributed by atoms with Gasteiger partial charge in [-0.05, 0) is 18.5 Å². The van der Waals surface area contributed by atoms with Crippen LogP contribution in [0.4, 0.5) is 0 Å². The van der Waals surface area contributed by atoms with Crippen molar-refractivity contribution in [2.75, 3.05) is 13.1 Å². The maximum absolute atomic E-state index is 11.1. The molecule has 86 valence electrons. The van der Waals surface area contributed by atoms with Crippen LogP contribution in [0, 0.1) is 0 Å². The molecule has 0 amide bonds. The van der Waals surface area contributed by atoms with Gasteiger partial charge in [-0.1, -0.05) is 11.8 Å². The highest BCUT2D eigenvalue weighted by molar-refractivity contribution is 8.14. The average Bonchev–Trinajstić information content (AvgIpc) is 2.73. The van der Waals surface area contributed by atoms with E-state index in [1.165, 1.54) is 17.3 Å². The second kappa shape index (κ2) is 5.32. The van der Waals surface area contributed by atoms with Crippen LogP contribution < -0.4 is 5.32 Å². The Labute approximate surface area is 98.5 Å². The van der Waals surface area contributed by atoms with Crippen molar-refractivity contribution in [3.8, 4) is 0 Å². The highest BCUT2D eigenvalue weighted by Gasteiger charge is 2.21. The highest BCUT2D eigenvalue weighted by Crippen LogP contribution is 2.26. The maximum atomic E-state index is 11.1. The largest absolute Gasteiger partial charge is 0.445 e. The molecule has 1 unspecified atom stereocenters. The van der Waals surface area contributed by atoms with Crippen molar-refractivity contribution in [2.24, 2.45) is 0 Å². The van der Waals surface area contributed by atoms with Gasteiger partial charge in [0.1, 0.15) is 6.26 Å². The summed E-state index contributed by atoms with van der Waals surface area (Å²) < 4.78 is 5.18. The fraction of sp³-hybridized carbons (Fsp3) is 0.455. The first kappa shape index (κ1) is 11.4. The molecule has 1 fully saturated rings. The molecule has 2 rings (SSSR count). The van der Waals surface area contributed by atoms with E-state index < -0.39 is 0 Å². The number of hydrogen-bond donors (Lipinski definition) is 1. The number of hydrogen-bond acceptors (Lipinski definition) is 5. The van der Waals surface area contributed by atoms with Gasteiger partial charge in [0, 0.05) is 24.8 Å². The fourth-order valence-corrected chi connectivity index (χ4v) is 2.65. The van der Waals surface area contributed by atoms with E-state index in [-0.39, 0.29) is 10.4 Å². The Hall–Kier alpha value is -1.07. The van der Waals surface area contributed by atoms with Crippen molar-refractivity contribution in [3.05, 3.63) is 23.9 Å². The van der Waals surface area contributed by atoms with Crippen LogP contribution in [0.2, 0.25) is 0 Å². The second-order valence-corrected chi connectivity index (χ2v) is 5.03. The molecule has 1 aliphatic heterocycles. The van der Waals surface area contributed by atoms with Crippen LogP contribution in [0.15, 0.2) is 22.5 Å². The van der Waals surface area contributed by atoms with Crippen molar-refractivity contribution < 1.29 is 9.21 Å². The summed E-state index contributed by atoms with van der Waals surface area (Å²) in [7, 11) is 0. The topological polar surface area (TPSA) is 55.1 Å². The summed E-state index contributed by atoms with van der Waals surface area (Å²) in [6.45, 7) is 3.36. The number of oxazole rings is 1. The predicted molar refractivity (Wildman–Crippen MR) is 64.0 cm³/mol. The second-order valence-electron chi connectivity index (χ2n) is 3.65. The summed E-state index contributed by atoms with van der Waals surface area (Å²) in [5.74, 6) is 0.604. The Balaban J connectivity index is 2.12. The third kappa shape index (κ3) is 2.96. The molecule has 4 nitrogen and oxygen atoms in total. The molecular weight excluding hydrogens is 224 g/mol. The number of thioether (sulfide) groups is 1. The molecule has 0 bridgehead atoms. The van der Waals surface area contributed by atoms with Crippen LogP contribution in [-0.2, 0) is 4.79 Å². The normalized spacial score (nSPS) is 23.6. The molecule has 2 heterocycles. The monoisotopic (exact) mass is 238 g/mol. The van der Waals surface area contributed by atoms with E-state index in [2.05, 4.69) is 10.3 Å². The van der Waals surface area contributed by atoms with E-state index >= 15 is 0 Å². The lowest BCUT2D eigenvalue weighted by atomic mass is 10.1. The van der Waals surface area contributed by atoms with Crippen LogP contribution in [0.3, 0.4) is 0 Å². The summed E-state index contributed by atoms with van der Waals surface area (Å²) in [4.78, 5) is 15.2. The summed E-state index contributed by atoms with van der Waals surface area (Å²) in [5.41, 5.74) is 1.17. The van der Waals surface area contributed by atoms with Crippen molar-refractivity contribution in [1.29, 1.82) is 0 Å². The molecule has 16 heavy (non-hydrogen) atoms. The van der Waals surface area contributed by atoms with Gasteiger partial charge in [0.05, 0.1) is 6.20 Å². The van der Waals surface area contributed by atoms with Gasteiger partial charge in [-0.15, -0.1) is 0 Å². The quantitative estimate of drug-likeness (QED) is 0.850. The SMILES string of the molecule is CC(=O)SC1CCNCC1=Cc1ncco1. The minimum Gasteiger partial charge on any atom is -0.445 e. The number of nitrogens with one attached hydrogen (secondary N) is 1. The van der Waals surface area contributed by atoms with Crippen LogP contribution in [0.25, 0.3) is 6.08 Å². The van der Waals surface area contributed by atoms with E-state index in [9.17, 15) is 4.79 Å². The third-order valence-electron chi connectivity index (χ3n) is 2.39. The number of carbonyl (C=O) groups is 1. The molecule has 1 N–H and O–H groups in total. The molecule has 1 aliphatic rings. The van der Waals surface area contributed by atoms with Gasteiger partial charge in [0.2, 0.25) is 5.89 Å². The Morgan fingerprint density at radius 1 is 1.75 bits per heavy atom. The van der Waals surface area contributed by atoms with E-state index in [1.807, 2.05) is 6.08 Å². The summed E-state index contributed by atoms with van der Waals surface area (Å²) in [6.07, 6.45) is 6.06. The summed E-state index contributed by atoms with van der Waals surface area (Å²) in [5, 5.41) is 3.70. The van der Waals surface area contributed by atoms with Crippen LogP contribution in [0.1, 0.15) is 19.2 Å². The molecular formula is C11H14N2O2S. The zero-order valence-electron chi connectivity index (χ0n) is 9.10. The first-order chi connectivity index (χ1) is 7.75. The molecule has 1 aromatic heterocycles. The molecule has 0 aliphatic carbocycles. The van der Waals surface area contributed by atoms with Gasteiger partial charge in [0.15, 0.2) is 5.12 Å². The molecule has 0 aromatic carbocycles. The molecule has 0 radical (unpaired) electrons. The van der Waals surface area contributed by atoms with Crippen molar-refractivity contribution >= 4 is 23.0 Å². The fourth-order valence-electron chi connectivity index (χ4n) is 1.71. The zero-order chi connectivity index (χ0) is 11.4. The van der Waals surface area contributed by atoms with Crippen molar-refractivity contribution in [1.82, 2.24) is 10.3 Å². The lowest BCUT2D eigenvalue weighted by Crippen LogP contribution is -2.32. The van der Waals surface area contributed by atoms with Gasteiger partial charge in [-0.25, -0.2) is 4.98 Å². The summed E-state index contributed by atoms with van der Waals surface area (Å²) in [6, 6.07) is 0. The highest BCUT2D eigenvalue weighted by atomic mass is 32.2. The van der Waals surface area contributed by atoms with Gasteiger partial charge in [0.25, 0.3) is 0 Å². The molecule has 0 saturated carbocycles. The lowest BCUT2D eigenvalue weighted by molar-refractivity contribution is -0.109. The number of rotatable bonds is 2. The predicted octanol–water partition coefficient (Wildman–Crippen LogP) is 1.70. The first-order valence-corrected chi connectivity index (χ1v) is 6.11. The Kier molecular flexibility index (Phi) is 3.79. The third-order valence-corrected chi connectivity index (χ3v) is 3.55. The Bertz CT molecular complexity index is 387.